The van der Waals surface area contributed by atoms with Crippen molar-refractivity contribution in [1.82, 2.24) is 19.0 Å². The van der Waals surface area contributed by atoms with Gasteiger partial charge in [0.15, 0.2) is 0 Å². The third-order valence-electron chi connectivity index (χ3n) is 4.96. The average Bonchev–Trinajstić information content (AvgIpc) is 3.15. The average molecular weight is 497 g/mol. The van der Waals surface area contributed by atoms with E-state index < -0.39 is 5.51 Å². The third kappa shape index (κ3) is 5.53. The van der Waals surface area contributed by atoms with E-state index in [4.69, 9.17) is 11.6 Å². The number of halogens is 4. The molecule has 3 heterocycles. The number of amides is 1. The van der Waals surface area contributed by atoms with Crippen molar-refractivity contribution in [1.29, 1.82) is 0 Å². The molecule has 1 aromatic carbocycles. The van der Waals surface area contributed by atoms with E-state index in [0.717, 1.165) is 15.6 Å². The van der Waals surface area contributed by atoms with Gasteiger partial charge in [-0.05, 0) is 36.2 Å². The minimum Gasteiger partial charge on any atom is -0.347 e. The third-order valence-corrected chi connectivity index (χ3v) is 5.91. The second-order valence-electron chi connectivity index (χ2n) is 7.22. The van der Waals surface area contributed by atoms with Gasteiger partial charge in [0.1, 0.15) is 17.7 Å². The molecule has 0 atom stereocenters. The van der Waals surface area contributed by atoms with Crippen LogP contribution >= 0.6 is 23.5 Å². The summed E-state index contributed by atoms with van der Waals surface area (Å²) in [4.78, 5) is 17.4. The van der Waals surface area contributed by atoms with Gasteiger partial charge in [0.05, 0.1) is 41.4 Å². The molecule has 1 N–H and O–H groups in total. The molecule has 0 bridgehead atoms. The number of imidazole rings is 1. The van der Waals surface area contributed by atoms with Crippen LogP contribution in [0.15, 0.2) is 47.7 Å². The van der Waals surface area contributed by atoms with E-state index in [2.05, 4.69) is 15.4 Å². The van der Waals surface area contributed by atoms with Crippen molar-refractivity contribution in [2.45, 2.75) is 25.4 Å². The minimum atomic E-state index is -4.34. The lowest BCUT2D eigenvalue weighted by Crippen LogP contribution is -2.35. The lowest BCUT2D eigenvalue weighted by atomic mass is 10.2. The van der Waals surface area contributed by atoms with Crippen LogP contribution in [0.3, 0.4) is 0 Å². The Hall–Kier alpha value is -2.92. The lowest BCUT2D eigenvalue weighted by molar-refractivity contribution is -0.0351. The Morgan fingerprint density at radius 2 is 1.94 bits per heavy atom. The number of nitrogens with one attached hydrogen (secondary N) is 1. The summed E-state index contributed by atoms with van der Waals surface area (Å²) in [6.07, 6.45) is 3.44. The molecule has 0 aliphatic carbocycles. The molecule has 33 heavy (non-hydrogen) atoms. The number of carbonyl (C=O) groups excluding carboxylic acids is 1. The summed E-state index contributed by atoms with van der Waals surface area (Å²) in [5.74, 6) is -0.256. The first kappa shape index (κ1) is 23.2. The maximum absolute atomic E-state index is 12.9. The predicted octanol–water partition coefficient (Wildman–Crippen LogP) is 4.71. The Labute approximate surface area is 197 Å². The predicted molar refractivity (Wildman–Crippen MR) is 123 cm³/mol. The van der Waals surface area contributed by atoms with Crippen molar-refractivity contribution in [3.8, 4) is 0 Å². The van der Waals surface area contributed by atoms with Gasteiger partial charge in [-0.25, -0.2) is 4.98 Å². The van der Waals surface area contributed by atoms with Gasteiger partial charge in [0.25, 0.3) is 5.91 Å². The summed E-state index contributed by atoms with van der Waals surface area (Å²) in [6.45, 7) is 2.75. The molecule has 174 valence electrons. The largest absolute Gasteiger partial charge is 0.461 e. The van der Waals surface area contributed by atoms with Crippen LogP contribution in [-0.4, -0.2) is 44.5 Å². The molecular formula is C21H20ClF3N6OS. The van der Waals surface area contributed by atoms with Gasteiger partial charge < -0.3 is 5.32 Å². The number of carbonyl (C=O) groups is 1. The molecule has 1 aliphatic rings. The van der Waals surface area contributed by atoms with Gasteiger partial charge in [-0.15, -0.1) is 0 Å². The number of hydrazone groups is 1. The number of rotatable bonds is 6. The Bertz CT molecular complexity index is 1180. The highest BCUT2D eigenvalue weighted by atomic mass is 35.5. The molecule has 4 rings (SSSR count). The normalized spacial score (nSPS) is 14.2. The molecule has 1 amide bonds. The summed E-state index contributed by atoms with van der Waals surface area (Å²) in [5.41, 5.74) is -0.926. The van der Waals surface area contributed by atoms with E-state index in [1.165, 1.54) is 6.34 Å². The molecule has 0 fully saturated rings. The van der Waals surface area contributed by atoms with E-state index in [0.29, 0.717) is 41.6 Å². The highest BCUT2D eigenvalue weighted by Crippen LogP contribution is 2.33. The summed E-state index contributed by atoms with van der Waals surface area (Å²) < 4.78 is 40.1. The zero-order valence-corrected chi connectivity index (χ0v) is 19.1. The van der Waals surface area contributed by atoms with Crippen molar-refractivity contribution in [3.05, 3.63) is 64.6 Å². The van der Waals surface area contributed by atoms with E-state index in [-0.39, 0.29) is 24.4 Å². The molecule has 1 aliphatic heterocycles. The summed E-state index contributed by atoms with van der Waals surface area (Å²) >= 11 is 5.88. The second-order valence-corrected chi connectivity index (χ2v) is 8.77. The number of hydrogen-bond acceptors (Lipinski definition) is 6. The van der Waals surface area contributed by atoms with Gasteiger partial charge in [-0.1, -0.05) is 30.7 Å². The number of alkyl halides is 3. The van der Waals surface area contributed by atoms with Crippen LogP contribution < -0.4 is 10.3 Å². The van der Waals surface area contributed by atoms with Crippen molar-refractivity contribution in [2.24, 2.45) is 5.10 Å². The molecule has 0 radical (unpaired) electrons. The maximum atomic E-state index is 12.9. The molecule has 0 unspecified atom stereocenters. The number of benzene rings is 1. The van der Waals surface area contributed by atoms with Crippen molar-refractivity contribution >= 4 is 47.1 Å². The number of aromatic nitrogens is 2. The number of nitrogens with zero attached hydrogens (tertiary/aromatic N) is 5. The van der Waals surface area contributed by atoms with Crippen LogP contribution in [0.25, 0.3) is 5.65 Å². The zero-order chi connectivity index (χ0) is 23.6. The fourth-order valence-electron chi connectivity index (χ4n) is 3.43. The number of aryl methyl sites for hydroxylation is 1. The fraction of sp³-hybridized carbons (Fsp3) is 0.286. The maximum Gasteiger partial charge on any atom is 0.461 e. The van der Waals surface area contributed by atoms with Crippen LogP contribution in [0.1, 0.15) is 28.7 Å². The first-order valence-corrected chi connectivity index (χ1v) is 11.3. The van der Waals surface area contributed by atoms with Gasteiger partial charge in [-0.3, -0.25) is 18.5 Å². The first-order valence-electron chi connectivity index (χ1n) is 10.1. The summed E-state index contributed by atoms with van der Waals surface area (Å²) in [5, 5.41) is 9.13. The van der Waals surface area contributed by atoms with E-state index in [1.807, 2.05) is 31.2 Å². The zero-order valence-electron chi connectivity index (χ0n) is 17.5. The Morgan fingerprint density at radius 1 is 1.18 bits per heavy atom. The minimum absolute atomic E-state index is 0.189. The molecule has 0 saturated carbocycles. The number of anilines is 1. The van der Waals surface area contributed by atoms with E-state index >= 15 is 0 Å². The molecule has 7 nitrogen and oxygen atoms in total. The Balaban J connectivity index is 1.40. The lowest BCUT2D eigenvalue weighted by Gasteiger charge is -2.29. The van der Waals surface area contributed by atoms with Crippen LogP contribution in [0.2, 0.25) is 5.02 Å². The van der Waals surface area contributed by atoms with Gasteiger partial charge >= 0.3 is 5.51 Å². The van der Waals surface area contributed by atoms with Crippen molar-refractivity contribution in [3.63, 3.8) is 0 Å². The van der Waals surface area contributed by atoms with E-state index in [9.17, 15) is 18.0 Å². The Morgan fingerprint density at radius 3 is 2.58 bits per heavy atom. The van der Waals surface area contributed by atoms with Crippen molar-refractivity contribution < 1.29 is 18.0 Å². The van der Waals surface area contributed by atoms with Crippen molar-refractivity contribution in [2.75, 3.05) is 18.1 Å². The highest BCUT2D eigenvalue weighted by Gasteiger charge is 2.33. The summed E-state index contributed by atoms with van der Waals surface area (Å²) in [6, 6.07) is 10.8. The molecule has 0 spiro atoms. The van der Waals surface area contributed by atoms with Gasteiger partial charge in [0.2, 0.25) is 0 Å². The van der Waals surface area contributed by atoms with Gasteiger partial charge in [-0.2, -0.15) is 18.3 Å². The number of hydrogen-bond donors (Lipinski definition) is 1. The monoisotopic (exact) mass is 496 g/mol. The molecule has 2 aromatic heterocycles. The van der Waals surface area contributed by atoms with Crippen LogP contribution in [0, 0.1) is 0 Å². The van der Waals surface area contributed by atoms with Crippen LogP contribution in [-0.2, 0) is 13.0 Å². The van der Waals surface area contributed by atoms with Gasteiger partial charge in [0, 0.05) is 12.7 Å². The molecule has 12 heteroatoms. The SMILES string of the molecule is CCc1nc2ccc(Cl)cn2c1C(=O)NCc1ccc(N2CCN(SC(F)(F)F)C=N2)cc1. The van der Waals surface area contributed by atoms with E-state index in [1.54, 1.807) is 27.7 Å². The molecule has 0 saturated heterocycles. The molecular weight excluding hydrogens is 477 g/mol. The number of fused-ring (bicyclic) bond motifs is 1. The summed E-state index contributed by atoms with van der Waals surface area (Å²) in [7, 11) is 0. The second kappa shape index (κ2) is 9.52. The molecule has 3 aromatic rings. The standard InChI is InChI=1S/C21H20ClF3N6OS/c1-2-17-19(30-12-15(22)5-8-18(30)28-17)20(32)26-11-14-3-6-16(7-4-14)31-10-9-29(13-27-31)33-21(23,24)25/h3-8,12-13H,2,9-11H2,1H3,(H,26,32). The Kier molecular flexibility index (Phi) is 6.71. The first-order chi connectivity index (χ1) is 15.7. The highest BCUT2D eigenvalue weighted by molar-refractivity contribution is 7.98. The quantitative estimate of drug-likeness (QED) is 0.501. The van der Waals surface area contributed by atoms with Crippen LogP contribution in [0.4, 0.5) is 18.9 Å². The van der Waals surface area contributed by atoms with Crippen LogP contribution in [0.5, 0.6) is 0 Å². The topological polar surface area (TPSA) is 65.2 Å². The number of pyridine rings is 1. The fourth-order valence-corrected chi connectivity index (χ4v) is 4.12. The smallest absolute Gasteiger partial charge is 0.347 e.